The van der Waals surface area contributed by atoms with E-state index >= 15 is 0 Å². The third-order valence-electron chi connectivity index (χ3n) is 4.88. The van der Waals surface area contributed by atoms with Gasteiger partial charge in [-0.1, -0.05) is 11.6 Å². The quantitative estimate of drug-likeness (QED) is 0.876. The van der Waals surface area contributed by atoms with Crippen molar-refractivity contribution in [1.82, 2.24) is 0 Å². The number of hydrogen-bond donors (Lipinski definition) is 2. The molecular formula is C19H19ClN2O3. The lowest BCUT2D eigenvalue weighted by Crippen LogP contribution is -2.40. The molecule has 1 unspecified atom stereocenters. The molecule has 1 heterocycles. The first kappa shape index (κ1) is 16.2. The predicted molar refractivity (Wildman–Crippen MR) is 97.0 cm³/mol. The largest absolute Gasteiger partial charge is 0.497 e. The summed E-state index contributed by atoms with van der Waals surface area (Å²) < 4.78 is 11.4. The minimum atomic E-state index is -1.60. The van der Waals surface area contributed by atoms with Crippen molar-refractivity contribution in [2.75, 3.05) is 7.11 Å². The summed E-state index contributed by atoms with van der Waals surface area (Å²) in [5, 5.41) is 12.1. The molecule has 2 aliphatic rings. The second-order valence-corrected chi connectivity index (χ2v) is 6.84. The zero-order valence-corrected chi connectivity index (χ0v) is 14.6. The number of amidine groups is 1. The van der Waals surface area contributed by atoms with Crippen LogP contribution in [0.3, 0.4) is 0 Å². The van der Waals surface area contributed by atoms with Crippen LogP contribution in [-0.4, -0.2) is 24.2 Å². The van der Waals surface area contributed by atoms with Crippen LogP contribution >= 0.6 is 11.6 Å². The Morgan fingerprint density at radius 2 is 2.00 bits per heavy atom. The van der Waals surface area contributed by atoms with Gasteiger partial charge in [-0.15, -0.1) is 0 Å². The number of hydrogen-bond acceptors (Lipinski definition) is 5. The highest BCUT2D eigenvalue weighted by Crippen LogP contribution is 2.47. The number of nitrogens with zero attached hydrogens (tertiary/aromatic N) is 1. The maximum Gasteiger partial charge on any atom is 0.178 e. The zero-order chi connectivity index (χ0) is 17.6. The molecule has 1 saturated carbocycles. The van der Waals surface area contributed by atoms with E-state index in [9.17, 15) is 5.11 Å². The van der Waals surface area contributed by atoms with Gasteiger partial charge >= 0.3 is 0 Å². The summed E-state index contributed by atoms with van der Waals surface area (Å²) >= 11 is 6.14. The number of ether oxygens (including phenoxy) is 2. The second-order valence-electron chi connectivity index (χ2n) is 6.40. The Labute approximate surface area is 151 Å². The average molecular weight is 359 g/mol. The van der Waals surface area contributed by atoms with Crippen LogP contribution in [0.15, 0.2) is 41.4 Å². The molecule has 1 atom stereocenters. The molecule has 130 valence electrons. The van der Waals surface area contributed by atoms with Gasteiger partial charge < -0.3 is 20.3 Å². The smallest absolute Gasteiger partial charge is 0.178 e. The van der Waals surface area contributed by atoms with E-state index in [2.05, 4.69) is 4.99 Å². The first-order valence-electron chi connectivity index (χ1n) is 8.24. The van der Waals surface area contributed by atoms with Crippen LogP contribution in [0, 0.1) is 0 Å². The number of fused-ring (bicyclic) bond motifs is 1. The number of aliphatic hydroxyl groups is 1. The molecule has 0 bridgehead atoms. The molecule has 3 N–H and O–H groups in total. The number of methoxy groups -OCH3 is 1. The molecule has 5 nitrogen and oxygen atoms in total. The molecule has 0 radical (unpaired) electrons. The lowest BCUT2D eigenvalue weighted by atomic mass is 9.85. The Kier molecular flexibility index (Phi) is 3.85. The zero-order valence-electron chi connectivity index (χ0n) is 13.8. The van der Waals surface area contributed by atoms with Crippen molar-refractivity contribution in [3.05, 3.63) is 52.5 Å². The van der Waals surface area contributed by atoms with E-state index in [1.54, 1.807) is 37.4 Å². The highest BCUT2D eigenvalue weighted by Gasteiger charge is 2.45. The van der Waals surface area contributed by atoms with E-state index in [0.29, 0.717) is 33.3 Å². The summed E-state index contributed by atoms with van der Waals surface area (Å²) in [6.45, 7) is 0. The van der Waals surface area contributed by atoms with E-state index in [1.807, 2.05) is 6.07 Å². The number of benzene rings is 2. The van der Waals surface area contributed by atoms with Gasteiger partial charge in [-0.25, -0.2) is 4.99 Å². The lowest BCUT2D eigenvalue weighted by Gasteiger charge is -2.31. The Morgan fingerprint density at radius 3 is 2.68 bits per heavy atom. The molecule has 4 rings (SSSR count). The third kappa shape index (κ3) is 2.55. The second kappa shape index (κ2) is 5.93. The molecule has 2 aromatic carbocycles. The first-order chi connectivity index (χ1) is 12.0. The maximum atomic E-state index is 11.6. The summed E-state index contributed by atoms with van der Waals surface area (Å²) in [5.74, 6) is 1.28. The van der Waals surface area contributed by atoms with Gasteiger partial charge in [0.2, 0.25) is 0 Å². The van der Waals surface area contributed by atoms with Gasteiger partial charge in [-0.05, 0) is 55.7 Å². The Hall–Kier alpha value is -2.24. The summed E-state index contributed by atoms with van der Waals surface area (Å²) in [6, 6.07) is 10.5. The SMILES string of the molecule is COc1ccc(OC2CCC2)c(C2(O)C(N)=Nc3ccc(Cl)cc32)c1. The van der Waals surface area contributed by atoms with Gasteiger partial charge in [0.05, 0.1) is 18.9 Å². The van der Waals surface area contributed by atoms with Crippen molar-refractivity contribution in [2.24, 2.45) is 10.7 Å². The van der Waals surface area contributed by atoms with Crippen LogP contribution < -0.4 is 15.2 Å². The van der Waals surface area contributed by atoms with Gasteiger partial charge in [0.1, 0.15) is 17.3 Å². The van der Waals surface area contributed by atoms with Crippen LogP contribution in [0.1, 0.15) is 30.4 Å². The highest BCUT2D eigenvalue weighted by atomic mass is 35.5. The van der Waals surface area contributed by atoms with Crippen LogP contribution in [0.5, 0.6) is 11.5 Å². The summed E-state index contributed by atoms with van der Waals surface area (Å²) in [6.07, 6.45) is 3.34. The Morgan fingerprint density at radius 1 is 1.20 bits per heavy atom. The van der Waals surface area contributed by atoms with Crippen LogP contribution in [-0.2, 0) is 5.60 Å². The van der Waals surface area contributed by atoms with E-state index in [0.717, 1.165) is 19.3 Å². The summed E-state index contributed by atoms with van der Waals surface area (Å²) in [4.78, 5) is 4.32. The average Bonchev–Trinajstić information content (AvgIpc) is 2.83. The van der Waals surface area contributed by atoms with Crippen molar-refractivity contribution in [3.63, 3.8) is 0 Å². The van der Waals surface area contributed by atoms with Crippen molar-refractivity contribution in [3.8, 4) is 11.5 Å². The van der Waals surface area contributed by atoms with Crippen LogP contribution in [0.2, 0.25) is 5.02 Å². The topological polar surface area (TPSA) is 77.1 Å². The fourth-order valence-corrected chi connectivity index (χ4v) is 3.39. The standard InChI is InChI=1S/C19H19ClN2O3/c1-24-13-6-8-17(25-12-3-2-4-12)15(10-13)19(23)14-9-11(20)5-7-16(14)22-18(19)21/h5-10,12,23H,2-4H2,1H3,(H2,21,22). The van der Waals surface area contributed by atoms with Gasteiger partial charge in [0.15, 0.2) is 5.60 Å². The Balaban J connectivity index is 1.88. The number of nitrogens with two attached hydrogens (primary N) is 1. The molecule has 0 spiro atoms. The minimum absolute atomic E-state index is 0.0940. The maximum absolute atomic E-state index is 11.6. The van der Waals surface area contributed by atoms with Crippen molar-refractivity contribution in [2.45, 2.75) is 31.0 Å². The monoisotopic (exact) mass is 358 g/mol. The van der Waals surface area contributed by atoms with Crippen LogP contribution in [0.25, 0.3) is 0 Å². The molecule has 0 amide bonds. The van der Waals surface area contributed by atoms with Gasteiger partial charge in [0, 0.05) is 16.1 Å². The van der Waals surface area contributed by atoms with Crippen LogP contribution in [0.4, 0.5) is 5.69 Å². The summed E-state index contributed by atoms with van der Waals surface area (Å²) in [7, 11) is 1.58. The van der Waals surface area contributed by atoms with E-state index < -0.39 is 5.60 Å². The first-order valence-corrected chi connectivity index (χ1v) is 8.62. The minimum Gasteiger partial charge on any atom is -0.497 e. The van der Waals surface area contributed by atoms with E-state index in [1.165, 1.54) is 0 Å². The molecular weight excluding hydrogens is 340 g/mol. The highest BCUT2D eigenvalue weighted by molar-refractivity contribution is 6.30. The van der Waals surface area contributed by atoms with E-state index in [-0.39, 0.29) is 11.9 Å². The molecule has 25 heavy (non-hydrogen) atoms. The summed E-state index contributed by atoms with van der Waals surface area (Å²) in [5.41, 5.74) is 6.20. The van der Waals surface area contributed by atoms with Gasteiger partial charge in [-0.2, -0.15) is 0 Å². The molecule has 1 aliphatic heterocycles. The van der Waals surface area contributed by atoms with Gasteiger partial charge in [0.25, 0.3) is 0 Å². The molecule has 0 saturated heterocycles. The van der Waals surface area contributed by atoms with Crippen molar-refractivity contribution < 1.29 is 14.6 Å². The number of rotatable bonds is 4. The van der Waals surface area contributed by atoms with E-state index in [4.69, 9.17) is 26.8 Å². The molecule has 0 aromatic heterocycles. The number of aliphatic imine (C=N–C) groups is 1. The Bertz CT molecular complexity index is 864. The third-order valence-corrected chi connectivity index (χ3v) is 5.12. The normalized spacial score (nSPS) is 22.1. The predicted octanol–water partition coefficient (Wildman–Crippen LogP) is 3.52. The fourth-order valence-electron chi connectivity index (χ4n) is 3.22. The molecule has 1 aliphatic carbocycles. The van der Waals surface area contributed by atoms with Crippen molar-refractivity contribution >= 4 is 23.1 Å². The van der Waals surface area contributed by atoms with Crippen molar-refractivity contribution in [1.29, 1.82) is 0 Å². The molecule has 1 fully saturated rings. The fraction of sp³-hybridized carbons (Fsp3) is 0.316. The molecule has 2 aromatic rings. The molecule has 6 heteroatoms. The van der Waals surface area contributed by atoms with Gasteiger partial charge in [-0.3, -0.25) is 0 Å². The number of halogens is 1. The lowest BCUT2D eigenvalue weighted by molar-refractivity contribution is 0.106.